The summed E-state index contributed by atoms with van der Waals surface area (Å²) in [5.74, 6) is 7.35. The zero-order valence-corrected chi connectivity index (χ0v) is 9.62. The molecule has 0 spiro atoms. The first-order chi connectivity index (χ1) is 7.24. The molecule has 0 bridgehead atoms. The second-order valence-electron chi connectivity index (χ2n) is 3.78. The second kappa shape index (κ2) is 6.20. The molecule has 0 radical (unpaired) electrons. The van der Waals surface area contributed by atoms with Crippen molar-refractivity contribution in [1.29, 1.82) is 0 Å². The highest BCUT2D eigenvalue weighted by Gasteiger charge is 2.04. The summed E-state index contributed by atoms with van der Waals surface area (Å²) in [6.45, 7) is 8.51. The van der Waals surface area contributed by atoms with Crippen LogP contribution in [-0.4, -0.2) is 21.3 Å². The Morgan fingerprint density at radius 3 is 3.00 bits per heavy atom. The molecule has 0 fully saturated rings. The van der Waals surface area contributed by atoms with E-state index in [4.69, 9.17) is 0 Å². The van der Waals surface area contributed by atoms with Gasteiger partial charge in [0.05, 0.1) is 13.1 Å². The minimum atomic E-state index is 0.584. The van der Waals surface area contributed by atoms with Crippen LogP contribution in [0.15, 0.2) is 6.33 Å². The van der Waals surface area contributed by atoms with Gasteiger partial charge in [-0.3, -0.25) is 5.32 Å². The molecule has 0 amide bonds. The van der Waals surface area contributed by atoms with Gasteiger partial charge in [-0.05, 0) is 12.8 Å². The molecule has 0 unspecified atom stereocenters. The van der Waals surface area contributed by atoms with E-state index in [1.165, 1.54) is 0 Å². The summed E-state index contributed by atoms with van der Waals surface area (Å²) >= 11 is 0. The van der Waals surface area contributed by atoms with Gasteiger partial charge in [-0.15, -0.1) is 5.92 Å². The standard InChI is InChI=1S/C11H18N4/c1-4-5-6-12-7-11-13-9-14-15(11)8-10(2)3/h9-10,12H,6-8H2,1-3H3. The molecule has 0 aliphatic heterocycles. The van der Waals surface area contributed by atoms with Gasteiger partial charge in [0.25, 0.3) is 0 Å². The van der Waals surface area contributed by atoms with Crippen molar-refractivity contribution in [3.8, 4) is 11.8 Å². The Morgan fingerprint density at radius 1 is 1.53 bits per heavy atom. The van der Waals surface area contributed by atoms with E-state index in [1.54, 1.807) is 6.33 Å². The molecular weight excluding hydrogens is 188 g/mol. The summed E-state index contributed by atoms with van der Waals surface area (Å²) in [7, 11) is 0. The van der Waals surface area contributed by atoms with E-state index in [-0.39, 0.29) is 0 Å². The third kappa shape index (κ3) is 4.13. The SMILES string of the molecule is CC#CCNCc1ncnn1CC(C)C. The topological polar surface area (TPSA) is 42.7 Å². The van der Waals surface area contributed by atoms with Crippen molar-refractivity contribution in [3.05, 3.63) is 12.2 Å². The molecule has 15 heavy (non-hydrogen) atoms. The Bertz CT molecular complexity index is 343. The number of nitrogens with one attached hydrogen (secondary N) is 1. The summed E-state index contributed by atoms with van der Waals surface area (Å²) in [5, 5.41) is 7.39. The van der Waals surface area contributed by atoms with E-state index in [0.717, 1.165) is 18.9 Å². The van der Waals surface area contributed by atoms with Crippen LogP contribution in [0.1, 0.15) is 26.6 Å². The summed E-state index contributed by atoms with van der Waals surface area (Å²) in [5.41, 5.74) is 0. The zero-order valence-electron chi connectivity index (χ0n) is 9.62. The van der Waals surface area contributed by atoms with E-state index >= 15 is 0 Å². The van der Waals surface area contributed by atoms with Crippen LogP contribution in [0.5, 0.6) is 0 Å². The molecule has 1 aromatic rings. The first-order valence-electron chi connectivity index (χ1n) is 5.21. The molecule has 1 aromatic heterocycles. The van der Waals surface area contributed by atoms with Gasteiger partial charge < -0.3 is 0 Å². The quantitative estimate of drug-likeness (QED) is 0.578. The predicted octanol–water partition coefficient (Wildman–Crippen LogP) is 1.05. The third-order valence-electron chi connectivity index (χ3n) is 1.91. The summed E-state index contributed by atoms with van der Waals surface area (Å²) in [4.78, 5) is 4.21. The monoisotopic (exact) mass is 206 g/mol. The van der Waals surface area contributed by atoms with Crippen LogP contribution in [0.2, 0.25) is 0 Å². The van der Waals surface area contributed by atoms with Crippen LogP contribution in [0.3, 0.4) is 0 Å². The Kier molecular flexibility index (Phi) is 4.85. The second-order valence-corrected chi connectivity index (χ2v) is 3.78. The molecule has 1 heterocycles. The van der Waals surface area contributed by atoms with Crippen LogP contribution in [-0.2, 0) is 13.1 Å². The fraction of sp³-hybridized carbons (Fsp3) is 0.636. The summed E-state index contributed by atoms with van der Waals surface area (Å²) < 4.78 is 1.94. The van der Waals surface area contributed by atoms with Gasteiger partial charge in [-0.25, -0.2) is 9.67 Å². The lowest BCUT2D eigenvalue weighted by Gasteiger charge is -2.08. The molecule has 0 aromatic carbocycles. The first kappa shape index (κ1) is 11.7. The fourth-order valence-electron chi connectivity index (χ4n) is 1.25. The minimum absolute atomic E-state index is 0.584. The number of hydrogen-bond donors (Lipinski definition) is 1. The highest BCUT2D eigenvalue weighted by Crippen LogP contribution is 2.00. The predicted molar refractivity (Wildman–Crippen MR) is 60.0 cm³/mol. The molecule has 0 saturated carbocycles. The van der Waals surface area contributed by atoms with Crippen molar-refractivity contribution >= 4 is 0 Å². The maximum atomic E-state index is 4.21. The molecule has 4 heteroatoms. The maximum Gasteiger partial charge on any atom is 0.140 e. The van der Waals surface area contributed by atoms with Crippen LogP contribution in [0.4, 0.5) is 0 Å². The van der Waals surface area contributed by atoms with Crippen LogP contribution < -0.4 is 5.32 Å². The highest BCUT2D eigenvalue weighted by molar-refractivity contribution is 4.97. The molecule has 82 valence electrons. The third-order valence-corrected chi connectivity index (χ3v) is 1.91. The Balaban J connectivity index is 2.45. The van der Waals surface area contributed by atoms with Crippen molar-refractivity contribution in [2.24, 2.45) is 5.92 Å². The van der Waals surface area contributed by atoms with Gasteiger partial charge >= 0.3 is 0 Å². The smallest absolute Gasteiger partial charge is 0.140 e. The molecule has 1 rings (SSSR count). The van der Waals surface area contributed by atoms with Crippen molar-refractivity contribution in [2.75, 3.05) is 6.54 Å². The van der Waals surface area contributed by atoms with E-state index < -0.39 is 0 Å². The zero-order chi connectivity index (χ0) is 11.1. The highest BCUT2D eigenvalue weighted by atomic mass is 15.3. The molecular formula is C11H18N4. The van der Waals surface area contributed by atoms with Gasteiger partial charge in [0, 0.05) is 6.54 Å². The number of rotatable bonds is 5. The average molecular weight is 206 g/mol. The molecule has 1 N–H and O–H groups in total. The van der Waals surface area contributed by atoms with E-state index in [0.29, 0.717) is 12.5 Å². The minimum Gasteiger partial charge on any atom is -0.299 e. The Hall–Kier alpha value is -1.34. The van der Waals surface area contributed by atoms with Gasteiger partial charge in [-0.2, -0.15) is 5.10 Å². The Labute approximate surface area is 91.1 Å². The van der Waals surface area contributed by atoms with Crippen molar-refractivity contribution < 1.29 is 0 Å². The van der Waals surface area contributed by atoms with E-state index in [2.05, 4.69) is 41.1 Å². The number of nitrogens with zero attached hydrogens (tertiary/aromatic N) is 3. The molecule has 0 saturated heterocycles. The maximum absolute atomic E-state index is 4.21. The largest absolute Gasteiger partial charge is 0.299 e. The fourth-order valence-corrected chi connectivity index (χ4v) is 1.25. The van der Waals surface area contributed by atoms with Crippen LogP contribution >= 0.6 is 0 Å². The van der Waals surface area contributed by atoms with Gasteiger partial charge in [0.1, 0.15) is 12.2 Å². The van der Waals surface area contributed by atoms with E-state index in [1.807, 2.05) is 11.6 Å². The molecule has 0 atom stereocenters. The molecule has 0 aliphatic carbocycles. The Morgan fingerprint density at radius 2 is 2.33 bits per heavy atom. The lowest BCUT2D eigenvalue weighted by atomic mass is 10.2. The first-order valence-corrected chi connectivity index (χ1v) is 5.21. The van der Waals surface area contributed by atoms with Gasteiger partial charge in [0.15, 0.2) is 0 Å². The van der Waals surface area contributed by atoms with Crippen LogP contribution in [0.25, 0.3) is 0 Å². The number of aromatic nitrogens is 3. The van der Waals surface area contributed by atoms with Crippen LogP contribution in [0, 0.1) is 17.8 Å². The summed E-state index contributed by atoms with van der Waals surface area (Å²) in [6, 6.07) is 0. The summed E-state index contributed by atoms with van der Waals surface area (Å²) in [6.07, 6.45) is 1.60. The lowest BCUT2D eigenvalue weighted by molar-refractivity contribution is 0.460. The lowest BCUT2D eigenvalue weighted by Crippen LogP contribution is -2.19. The van der Waals surface area contributed by atoms with Gasteiger partial charge in [0.2, 0.25) is 0 Å². The molecule has 0 aliphatic rings. The van der Waals surface area contributed by atoms with Gasteiger partial charge in [-0.1, -0.05) is 19.8 Å². The number of hydrogen-bond acceptors (Lipinski definition) is 3. The van der Waals surface area contributed by atoms with Crippen molar-refractivity contribution in [2.45, 2.75) is 33.9 Å². The van der Waals surface area contributed by atoms with Crippen molar-refractivity contribution in [3.63, 3.8) is 0 Å². The normalized spacial score (nSPS) is 10.1. The molecule has 4 nitrogen and oxygen atoms in total. The average Bonchev–Trinajstić information content (AvgIpc) is 2.59. The van der Waals surface area contributed by atoms with E-state index in [9.17, 15) is 0 Å². The van der Waals surface area contributed by atoms with Crippen molar-refractivity contribution in [1.82, 2.24) is 20.1 Å².